The molecule has 2 aromatic rings. The Morgan fingerprint density at radius 1 is 1.35 bits per heavy atom. The van der Waals surface area contributed by atoms with Crippen molar-refractivity contribution in [1.29, 1.82) is 0 Å². The number of benzene rings is 1. The lowest BCUT2D eigenvalue weighted by molar-refractivity contribution is -0.00668. The molecule has 0 aliphatic carbocycles. The minimum Gasteiger partial charge on any atom is -0.393 e. The molecule has 2 rings (SSSR count). The summed E-state index contributed by atoms with van der Waals surface area (Å²) in [5.74, 6) is 0.899. The topological polar surface area (TPSA) is 53.1 Å². The molecule has 1 aromatic carbocycles. The Morgan fingerprint density at radius 2 is 2.05 bits per heavy atom. The molecule has 0 aliphatic rings. The minimum absolute atomic E-state index is 0.139. The summed E-state index contributed by atoms with van der Waals surface area (Å²) in [5, 5.41) is 0. The number of fused-ring (bicyclic) bond motifs is 1. The van der Waals surface area contributed by atoms with Gasteiger partial charge < -0.3 is 15.0 Å². The first-order chi connectivity index (χ1) is 9.37. The van der Waals surface area contributed by atoms with E-state index in [9.17, 15) is 0 Å². The summed E-state index contributed by atoms with van der Waals surface area (Å²) in [6.45, 7) is 7.53. The zero-order valence-electron chi connectivity index (χ0n) is 12.2. The standard InChI is InChI=1S/C15H21N3OS/c1-15(2,3)19-9-8-18-12-7-5-4-6-11(12)17-14(18)10-13(16)20/h4-7H,8-10H2,1-3H3,(H2,16,20). The highest BCUT2D eigenvalue weighted by Crippen LogP contribution is 2.17. The van der Waals surface area contributed by atoms with Crippen molar-refractivity contribution in [1.82, 2.24) is 9.55 Å². The molecule has 5 heteroatoms. The zero-order chi connectivity index (χ0) is 14.8. The largest absolute Gasteiger partial charge is 0.393 e. The molecule has 0 unspecified atom stereocenters. The number of thiocarbonyl (C=S) groups is 1. The van der Waals surface area contributed by atoms with Gasteiger partial charge in [0.25, 0.3) is 0 Å². The van der Waals surface area contributed by atoms with Crippen LogP contribution >= 0.6 is 12.2 Å². The fourth-order valence-electron chi connectivity index (χ4n) is 2.11. The van der Waals surface area contributed by atoms with Crippen molar-refractivity contribution in [2.24, 2.45) is 5.73 Å². The number of para-hydroxylation sites is 2. The van der Waals surface area contributed by atoms with E-state index in [1.54, 1.807) is 0 Å². The van der Waals surface area contributed by atoms with Gasteiger partial charge in [0.15, 0.2) is 0 Å². The molecule has 0 aliphatic heterocycles. The molecule has 1 aromatic heterocycles. The van der Waals surface area contributed by atoms with Crippen LogP contribution in [0.15, 0.2) is 24.3 Å². The number of hydrogen-bond donors (Lipinski definition) is 1. The minimum atomic E-state index is -0.139. The summed E-state index contributed by atoms with van der Waals surface area (Å²) < 4.78 is 7.94. The van der Waals surface area contributed by atoms with E-state index in [2.05, 4.69) is 36.4 Å². The Morgan fingerprint density at radius 3 is 2.70 bits per heavy atom. The molecule has 0 atom stereocenters. The molecule has 108 valence electrons. The third kappa shape index (κ3) is 3.77. The van der Waals surface area contributed by atoms with Gasteiger partial charge in [-0.15, -0.1) is 0 Å². The Labute approximate surface area is 124 Å². The molecule has 0 spiro atoms. The van der Waals surface area contributed by atoms with E-state index in [0.29, 0.717) is 18.0 Å². The first-order valence-corrected chi connectivity index (χ1v) is 7.14. The molecular formula is C15H21N3OS. The van der Waals surface area contributed by atoms with Crippen LogP contribution in [0.2, 0.25) is 0 Å². The van der Waals surface area contributed by atoms with E-state index in [1.165, 1.54) is 0 Å². The lowest BCUT2D eigenvalue weighted by atomic mass is 10.2. The summed E-state index contributed by atoms with van der Waals surface area (Å²) in [6.07, 6.45) is 0.513. The van der Waals surface area contributed by atoms with Crippen molar-refractivity contribution in [3.05, 3.63) is 30.1 Å². The second-order valence-electron chi connectivity index (χ2n) is 5.77. The van der Waals surface area contributed by atoms with Gasteiger partial charge in [-0.25, -0.2) is 4.98 Å². The molecule has 2 N–H and O–H groups in total. The SMILES string of the molecule is CC(C)(C)OCCn1c(CC(N)=S)nc2ccccc21. The number of hydrogen-bond acceptors (Lipinski definition) is 3. The third-order valence-electron chi connectivity index (χ3n) is 2.92. The molecule has 0 amide bonds. The van der Waals surface area contributed by atoms with Crippen LogP contribution in [0, 0.1) is 0 Å². The highest BCUT2D eigenvalue weighted by atomic mass is 32.1. The number of rotatable bonds is 5. The van der Waals surface area contributed by atoms with Crippen LogP contribution in [-0.2, 0) is 17.7 Å². The van der Waals surface area contributed by atoms with Gasteiger partial charge in [-0.3, -0.25) is 0 Å². The molecule has 20 heavy (non-hydrogen) atoms. The van der Waals surface area contributed by atoms with Gasteiger partial charge in [0.1, 0.15) is 5.82 Å². The maximum atomic E-state index is 5.80. The van der Waals surface area contributed by atoms with Crippen molar-refractivity contribution in [3.8, 4) is 0 Å². The van der Waals surface area contributed by atoms with E-state index in [1.807, 2.05) is 18.2 Å². The molecule has 4 nitrogen and oxygen atoms in total. The van der Waals surface area contributed by atoms with Crippen LogP contribution < -0.4 is 5.73 Å². The van der Waals surface area contributed by atoms with E-state index < -0.39 is 0 Å². The number of nitrogens with two attached hydrogens (primary N) is 1. The van der Waals surface area contributed by atoms with Crippen molar-refractivity contribution >= 4 is 28.2 Å². The number of ether oxygens (including phenoxy) is 1. The first-order valence-electron chi connectivity index (χ1n) is 6.73. The fraction of sp³-hybridized carbons (Fsp3) is 0.467. The van der Waals surface area contributed by atoms with Gasteiger partial charge >= 0.3 is 0 Å². The highest BCUT2D eigenvalue weighted by molar-refractivity contribution is 7.80. The molecule has 0 saturated carbocycles. The van der Waals surface area contributed by atoms with Gasteiger partial charge in [0.2, 0.25) is 0 Å². The maximum Gasteiger partial charge on any atom is 0.116 e. The van der Waals surface area contributed by atoms with Crippen LogP contribution in [-0.4, -0.2) is 26.7 Å². The van der Waals surface area contributed by atoms with Crippen LogP contribution in [0.5, 0.6) is 0 Å². The van der Waals surface area contributed by atoms with E-state index in [4.69, 9.17) is 22.7 Å². The quantitative estimate of drug-likeness (QED) is 0.861. The Kier molecular flexibility index (Phi) is 4.40. The van der Waals surface area contributed by atoms with Crippen molar-refractivity contribution < 1.29 is 4.74 Å². The van der Waals surface area contributed by atoms with Crippen molar-refractivity contribution in [3.63, 3.8) is 0 Å². The molecule has 0 radical (unpaired) electrons. The maximum absolute atomic E-state index is 5.80. The van der Waals surface area contributed by atoms with Crippen LogP contribution in [0.25, 0.3) is 11.0 Å². The predicted molar refractivity (Wildman–Crippen MR) is 85.9 cm³/mol. The zero-order valence-corrected chi connectivity index (χ0v) is 13.0. The molecular weight excluding hydrogens is 270 g/mol. The van der Waals surface area contributed by atoms with E-state index in [0.717, 1.165) is 23.4 Å². The third-order valence-corrected chi connectivity index (χ3v) is 3.06. The molecule has 0 bridgehead atoms. The van der Waals surface area contributed by atoms with E-state index in [-0.39, 0.29) is 5.60 Å². The average Bonchev–Trinajstić information content (AvgIpc) is 2.65. The lowest BCUT2D eigenvalue weighted by Crippen LogP contribution is -2.23. The smallest absolute Gasteiger partial charge is 0.116 e. The van der Waals surface area contributed by atoms with Crippen molar-refractivity contribution in [2.75, 3.05) is 6.61 Å². The van der Waals surface area contributed by atoms with Gasteiger partial charge in [-0.1, -0.05) is 24.4 Å². The molecule has 0 fully saturated rings. The Balaban J connectivity index is 2.26. The summed E-state index contributed by atoms with van der Waals surface area (Å²) in [4.78, 5) is 5.06. The van der Waals surface area contributed by atoms with Crippen LogP contribution in [0.3, 0.4) is 0 Å². The predicted octanol–water partition coefficient (Wildman–Crippen LogP) is 2.68. The fourth-order valence-corrected chi connectivity index (χ4v) is 2.24. The Hall–Kier alpha value is -1.46. The van der Waals surface area contributed by atoms with Crippen molar-refractivity contribution in [2.45, 2.75) is 39.3 Å². The van der Waals surface area contributed by atoms with Gasteiger partial charge in [0.05, 0.1) is 34.7 Å². The summed E-state index contributed by atoms with van der Waals surface area (Å²) in [6, 6.07) is 8.05. The van der Waals surface area contributed by atoms with E-state index >= 15 is 0 Å². The molecule has 0 saturated heterocycles. The molecule has 1 heterocycles. The van der Waals surface area contributed by atoms with Gasteiger partial charge in [-0.2, -0.15) is 0 Å². The summed E-state index contributed by atoms with van der Waals surface area (Å²) >= 11 is 5.01. The number of aromatic nitrogens is 2. The average molecular weight is 291 g/mol. The summed E-state index contributed by atoms with van der Waals surface area (Å²) in [7, 11) is 0. The number of imidazole rings is 1. The normalized spacial score (nSPS) is 11.9. The Bertz CT molecular complexity index is 613. The second kappa shape index (κ2) is 5.89. The first kappa shape index (κ1) is 14.9. The second-order valence-corrected chi connectivity index (χ2v) is 6.30. The lowest BCUT2D eigenvalue weighted by Gasteiger charge is -2.20. The van der Waals surface area contributed by atoms with Gasteiger partial charge in [0, 0.05) is 6.54 Å². The number of nitrogens with zero attached hydrogens (tertiary/aromatic N) is 2. The monoisotopic (exact) mass is 291 g/mol. The van der Waals surface area contributed by atoms with Crippen LogP contribution in [0.4, 0.5) is 0 Å². The summed E-state index contributed by atoms with van der Waals surface area (Å²) in [5.41, 5.74) is 7.58. The highest BCUT2D eigenvalue weighted by Gasteiger charge is 2.13. The van der Waals surface area contributed by atoms with Crippen LogP contribution in [0.1, 0.15) is 26.6 Å². The van der Waals surface area contributed by atoms with Gasteiger partial charge in [-0.05, 0) is 32.9 Å².